The second-order valence-electron chi connectivity index (χ2n) is 3.85. The van der Waals surface area contributed by atoms with Gasteiger partial charge >= 0.3 is 0 Å². The zero-order chi connectivity index (χ0) is 12.3. The van der Waals surface area contributed by atoms with Crippen molar-refractivity contribution in [1.82, 2.24) is 0 Å². The molecule has 0 radical (unpaired) electrons. The van der Waals surface area contributed by atoms with E-state index in [0.717, 1.165) is 11.1 Å². The predicted octanol–water partition coefficient (Wildman–Crippen LogP) is 3.41. The largest absolute Gasteiger partial charge is 0.192 e. The number of nitrogens with zero attached hydrogens (tertiary/aromatic N) is 2. The first-order valence-corrected chi connectivity index (χ1v) is 5.26. The molecule has 0 fully saturated rings. The van der Waals surface area contributed by atoms with Gasteiger partial charge < -0.3 is 0 Å². The summed E-state index contributed by atoms with van der Waals surface area (Å²) in [5.41, 5.74) is 4.10. The minimum atomic E-state index is 0.569. The molecule has 0 aliphatic carbocycles. The maximum absolute atomic E-state index is 9.07. The molecule has 0 aromatic heterocycles. The molecule has 80 valence electrons. The van der Waals surface area contributed by atoms with Crippen molar-refractivity contribution in [2.45, 2.75) is 6.92 Å². The lowest BCUT2D eigenvalue weighted by atomic mass is 9.97. The number of aryl methyl sites for hydroxylation is 1. The van der Waals surface area contributed by atoms with E-state index in [-0.39, 0.29) is 0 Å². The monoisotopic (exact) mass is 218 g/mol. The summed E-state index contributed by atoms with van der Waals surface area (Å²) < 4.78 is 0. The minimum Gasteiger partial charge on any atom is -0.192 e. The lowest BCUT2D eigenvalue weighted by Crippen LogP contribution is -1.86. The van der Waals surface area contributed by atoms with Gasteiger partial charge in [0.15, 0.2) is 0 Å². The molecule has 17 heavy (non-hydrogen) atoms. The van der Waals surface area contributed by atoms with E-state index in [4.69, 9.17) is 10.5 Å². The number of hydrogen-bond donors (Lipinski definition) is 0. The van der Waals surface area contributed by atoms with Crippen LogP contribution in [-0.2, 0) is 0 Å². The van der Waals surface area contributed by atoms with Crippen LogP contribution in [0.4, 0.5) is 0 Å². The van der Waals surface area contributed by atoms with Crippen LogP contribution in [0.5, 0.6) is 0 Å². The summed E-state index contributed by atoms with van der Waals surface area (Å²) in [6.45, 7) is 2.01. The number of rotatable bonds is 1. The quantitative estimate of drug-likeness (QED) is 0.736. The lowest BCUT2D eigenvalue weighted by molar-refractivity contribution is 1.43. The van der Waals surface area contributed by atoms with Crippen LogP contribution in [0.25, 0.3) is 11.1 Å². The fourth-order valence-electron chi connectivity index (χ4n) is 1.68. The molecule has 0 aliphatic heterocycles. The Labute approximate surface area is 100 Å². The van der Waals surface area contributed by atoms with Crippen LogP contribution >= 0.6 is 0 Å². The van der Waals surface area contributed by atoms with E-state index in [2.05, 4.69) is 12.1 Å². The summed E-state index contributed by atoms with van der Waals surface area (Å²) in [4.78, 5) is 0. The average molecular weight is 218 g/mol. The SMILES string of the molecule is Cc1ccc(-c2cc(C#N)ccc2C#N)cc1. The van der Waals surface area contributed by atoms with Crippen molar-refractivity contribution in [2.24, 2.45) is 0 Å². The van der Waals surface area contributed by atoms with Crippen molar-refractivity contribution in [1.29, 1.82) is 10.5 Å². The van der Waals surface area contributed by atoms with E-state index in [1.54, 1.807) is 18.2 Å². The van der Waals surface area contributed by atoms with Crippen LogP contribution in [0.15, 0.2) is 42.5 Å². The standard InChI is InChI=1S/C15H10N2/c1-11-2-5-13(6-3-11)15-8-12(9-16)4-7-14(15)10-17/h2-8H,1H3. The maximum atomic E-state index is 9.07. The Balaban J connectivity index is 2.62. The van der Waals surface area contributed by atoms with Crippen LogP contribution in [0.3, 0.4) is 0 Å². The Morgan fingerprint density at radius 1 is 0.882 bits per heavy atom. The van der Waals surface area contributed by atoms with Gasteiger partial charge in [-0.15, -0.1) is 0 Å². The third kappa shape index (κ3) is 2.17. The summed E-state index contributed by atoms with van der Waals surface area (Å²) in [5, 5.41) is 17.9. The average Bonchev–Trinajstić information content (AvgIpc) is 2.39. The van der Waals surface area contributed by atoms with Gasteiger partial charge in [0.25, 0.3) is 0 Å². The van der Waals surface area contributed by atoms with Crippen molar-refractivity contribution in [3.8, 4) is 23.3 Å². The Kier molecular flexibility index (Phi) is 2.90. The van der Waals surface area contributed by atoms with Crippen molar-refractivity contribution in [3.05, 3.63) is 59.2 Å². The lowest BCUT2D eigenvalue weighted by Gasteiger charge is -2.05. The molecule has 2 aromatic carbocycles. The highest BCUT2D eigenvalue weighted by Gasteiger charge is 2.05. The highest BCUT2D eigenvalue weighted by Crippen LogP contribution is 2.24. The summed E-state index contributed by atoms with van der Waals surface area (Å²) in [6, 6.07) is 17.3. The molecule has 0 saturated heterocycles. The molecule has 0 bridgehead atoms. The fraction of sp³-hybridized carbons (Fsp3) is 0.0667. The third-order valence-electron chi connectivity index (χ3n) is 2.63. The number of benzene rings is 2. The first-order chi connectivity index (χ1) is 8.24. The zero-order valence-electron chi connectivity index (χ0n) is 9.44. The number of nitriles is 2. The van der Waals surface area contributed by atoms with E-state index in [9.17, 15) is 0 Å². The Hall–Kier alpha value is -2.58. The molecule has 0 unspecified atom stereocenters. The van der Waals surface area contributed by atoms with Crippen LogP contribution in [0.2, 0.25) is 0 Å². The summed E-state index contributed by atoms with van der Waals surface area (Å²) in [5.74, 6) is 0. The first kappa shape index (κ1) is 10.9. The van der Waals surface area contributed by atoms with Crippen molar-refractivity contribution < 1.29 is 0 Å². The van der Waals surface area contributed by atoms with Gasteiger partial charge in [-0.25, -0.2) is 0 Å². The van der Waals surface area contributed by atoms with Crippen molar-refractivity contribution >= 4 is 0 Å². The zero-order valence-corrected chi connectivity index (χ0v) is 9.44. The van der Waals surface area contributed by atoms with Gasteiger partial charge in [0.05, 0.1) is 23.3 Å². The molecule has 2 nitrogen and oxygen atoms in total. The Morgan fingerprint density at radius 2 is 1.59 bits per heavy atom. The van der Waals surface area contributed by atoms with E-state index >= 15 is 0 Å². The highest BCUT2D eigenvalue weighted by molar-refractivity contribution is 5.72. The molecule has 0 aliphatic rings. The van der Waals surface area contributed by atoms with Gasteiger partial charge in [-0.05, 0) is 30.7 Å². The van der Waals surface area contributed by atoms with Gasteiger partial charge in [-0.1, -0.05) is 29.8 Å². The summed E-state index contributed by atoms with van der Waals surface area (Å²) in [6.07, 6.45) is 0. The van der Waals surface area contributed by atoms with Crippen LogP contribution in [-0.4, -0.2) is 0 Å². The van der Waals surface area contributed by atoms with E-state index < -0.39 is 0 Å². The molecule has 2 heteroatoms. The summed E-state index contributed by atoms with van der Waals surface area (Å²) >= 11 is 0. The highest BCUT2D eigenvalue weighted by atomic mass is 14.3. The third-order valence-corrected chi connectivity index (χ3v) is 2.63. The van der Waals surface area contributed by atoms with E-state index in [0.29, 0.717) is 11.1 Å². The van der Waals surface area contributed by atoms with E-state index in [1.807, 2.05) is 31.2 Å². The second-order valence-corrected chi connectivity index (χ2v) is 3.85. The fourth-order valence-corrected chi connectivity index (χ4v) is 1.68. The predicted molar refractivity (Wildman–Crippen MR) is 66.0 cm³/mol. The molecular formula is C15H10N2. The van der Waals surface area contributed by atoms with Gasteiger partial charge in [-0.2, -0.15) is 10.5 Å². The Bertz CT molecular complexity index is 625. The van der Waals surface area contributed by atoms with Gasteiger partial charge in [0.1, 0.15) is 0 Å². The van der Waals surface area contributed by atoms with E-state index in [1.165, 1.54) is 5.56 Å². The Morgan fingerprint density at radius 3 is 2.18 bits per heavy atom. The van der Waals surface area contributed by atoms with Crippen molar-refractivity contribution in [3.63, 3.8) is 0 Å². The molecule has 0 saturated carbocycles. The van der Waals surface area contributed by atoms with Gasteiger partial charge in [0, 0.05) is 5.56 Å². The maximum Gasteiger partial charge on any atom is 0.0998 e. The summed E-state index contributed by atoms with van der Waals surface area (Å²) in [7, 11) is 0. The normalized spacial score (nSPS) is 9.35. The molecule has 2 aromatic rings. The molecule has 0 spiro atoms. The molecule has 2 rings (SSSR count). The first-order valence-electron chi connectivity index (χ1n) is 5.26. The molecule has 0 amide bonds. The minimum absolute atomic E-state index is 0.569. The smallest absolute Gasteiger partial charge is 0.0998 e. The van der Waals surface area contributed by atoms with Gasteiger partial charge in [0.2, 0.25) is 0 Å². The molecular weight excluding hydrogens is 208 g/mol. The number of hydrogen-bond acceptors (Lipinski definition) is 2. The molecule has 0 atom stereocenters. The topological polar surface area (TPSA) is 47.6 Å². The second kappa shape index (κ2) is 4.51. The molecule has 0 N–H and O–H groups in total. The van der Waals surface area contributed by atoms with Gasteiger partial charge in [-0.3, -0.25) is 0 Å². The van der Waals surface area contributed by atoms with Crippen LogP contribution in [0, 0.1) is 29.6 Å². The van der Waals surface area contributed by atoms with Crippen LogP contribution < -0.4 is 0 Å². The van der Waals surface area contributed by atoms with Crippen LogP contribution in [0.1, 0.15) is 16.7 Å². The molecule has 0 heterocycles. The van der Waals surface area contributed by atoms with Crippen molar-refractivity contribution in [2.75, 3.05) is 0 Å².